The molecule has 2 amide bonds. The van der Waals surface area contributed by atoms with Gasteiger partial charge < -0.3 is 24.8 Å². The average Bonchev–Trinajstić information content (AvgIpc) is 2.93. The number of hydrogen-bond acceptors (Lipinski definition) is 6. The summed E-state index contributed by atoms with van der Waals surface area (Å²) in [6.07, 6.45) is -0.856. The lowest BCUT2D eigenvalue weighted by molar-refractivity contribution is -0.0491. The highest BCUT2D eigenvalue weighted by molar-refractivity contribution is 5.69. The molecule has 2 rings (SSSR count). The number of amides is 2. The largest absolute Gasteiger partial charge is 0.444 e. The first kappa shape index (κ1) is 23.0. The maximum absolute atomic E-state index is 12.7. The van der Waals surface area contributed by atoms with Gasteiger partial charge in [-0.25, -0.2) is 9.59 Å². The van der Waals surface area contributed by atoms with E-state index in [0.717, 1.165) is 5.56 Å². The average molecular weight is 408 g/mol. The zero-order valence-corrected chi connectivity index (χ0v) is 18.0. The smallest absolute Gasteiger partial charge is 0.412 e. The van der Waals surface area contributed by atoms with Crippen LogP contribution in [-0.2, 0) is 20.8 Å². The van der Waals surface area contributed by atoms with Crippen LogP contribution in [0.15, 0.2) is 30.3 Å². The fraction of sp³-hybridized carbons (Fsp3) is 0.619. The Morgan fingerprint density at radius 3 is 2.55 bits per heavy atom. The number of nitrogens with zero attached hydrogens (tertiary/aromatic N) is 1. The van der Waals surface area contributed by atoms with E-state index in [1.165, 1.54) is 0 Å². The Labute approximate surface area is 172 Å². The van der Waals surface area contributed by atoms with Crippen LogP contribution < -0.4 is 10.6 Å². The molecule has 0 radical (unpaired) electrons. The van der Waals surface area contributed by atoms with E-state index in [0.29, 0.717) is 26.2 Å². The van der Waals surface area contributed by atoms with Crippen molar-refractivity contribution in [3.05, 3.63) is 35.9 Å². The van der Waals surface area contributed by atoms with E-state index < -0.39 is 23.5 Å². The SMILES string of the molecule is CC(C)(C)OC(=O)NCCNC[C@@H]1COC(C)(C)N1C(=O)OCc1ccccc1. The molecule has 162 valence electrons. The second-order valence-electron chi connectivity index (χ2n) is 8.45. The first-order chi connectivity index (χ1) is 13.6. The van der Waals surface area contributed by atoms with Gasteiger partial charge in [0.25, 0.3) is 0 Å². The third kappa shape index (κ3) is 7.55. The van der Waals surface area contributed by atoms with Crippen LogP contribution in [0.25, 0.3) is 0 Å². The summed E-state index contributed by atoms with van der Waals surface area (Å²) in [5.41, 5.74) is -0.332. The minimum absolute atomic E-state index is 0.158. The summed E-state index contributed by atoms with van der Waals surface area (Å²) >= 11 is 0. The van der Waals surface area contributed by atoms with Gasteiger partial charge in [0.15, 0.2) is 0 Å². The third-order valence-corrected chi connectivity index (χ3v) is 4.33. The second-order valence-corrected chi connectivity index (χ2v) is 8.45. The summed E-state index contributed by atoms with van der Waals surface area (Å²) in [5.74, 6) is 0. The van der Waals surface area contributed by atoms with Crippen molar-refractivity contribution in [2.45, 2.75) is 58.6 Å². The molecule has 2 N–H and O–H groups in total. The maximum Gasteiger partial charge on any atom is 0.412 e. The van der Waals surface area contributed by atoms with E-state index in [9.17, 15) is 9.59 Å². The van der Waals surface area contributed by atoms with Crippen molar-refractivity contribution in [2.75, 3.05) is 26.2 Å². The summed E-state index contributed by atoms with van der Waals surface area (Å²) in [6, 6.07) is 9.40. The molecular formula is C21H33N3O5. The molecule has 1 aliphatic rings. The minimum atomic E-state index is -0.741. The normalized spacial score (nSPS) is 18.4. The fourth-order valence-corrected chi connectivity index (χ4v) is 3.03. The van der Waals surface area contributed by atoms with Gasteiger partial charge in [0, 0.05) is 19.6 Å². The fourth-order valence-electron chi connectivity index (χ4n) is 3.03. The van der Waals surface area contributed by atoms with Crippen LogP contribution in [0.3, 0.4) is 0 Å². The molecule has 1 aromatic carbocycles. The maximum atomic E-state index is 12.7. The molecule has 8 nitrogen and oxygen atoms in total. The topological polar surface area (TPSA) is 89.1 Å². The van der Waals surface area contributed by atoms with Crippen molar-refractivity contribution < 1.29 is 23.8 Å². The van der Waals surface area contributed by atoms with Crippen molar-refractivity contribution in [1.82, 2.24) is 15.5 Å². The molecule has 0 aliphatic carbocycles. The van der Waals surface area contributed by atoms with Crippen molar-refractivity contribution in [2.24, 2.45) is 0 Å². The van der Waals surface area contributed by atoms with Gasteiger partial charge in [0.2, 0.25) is 0 Å². The molecule has 0 spiro atoms. The van der Waals surface area contributed by atoms with E-state index in [-0.39, 0.29) is 12.6 Å². The Morgan fingerprint density at radius 1 is 1.21 bits per heavy atom. The summed E-state index contributed by atoms with van der Waals surface area (Å²) in [7, 11) is 0. The lowest BCUT2D eigenvalue weighted by Gasteiger charge is -2.32. The van der Waals surface area contributed by atoms with Crippen molar-refractivity contribution in [3.63, 3.8) is 0 Å². The predicted molar refractivity (Wildman–Crippen MR) is 109 cm³/mol. The third-order valence-electron chi connectivity index (χ3n) is 4.33. The van der Waals surface area contributed by atoms with Gasteiger partial charge in [-0.05, 0) is 40.2 Å². The number of carbonyl (C=O) groups excluding carboxylic acids is 2. The van der Waals surface area contributed by atoms with Crippen LogP contribution in [0.2, 0.25) is 0 Å². The summed E-state index contributed by atoms with van der Waals surface area (Å²) in [5, 5.41) is 5.94. The standard InChI is InChI=1S/C21H33N3O5/c1-20(2,3)29-18(25)23-12-11-22-13-17-15-28-21(4,5)24(17)19(26)27-14-16-9-7-6-8-10-16/h6-10,17,22H,11-15H2,1-5H3,(H,23,25)/t17-/m1/s1. The number of alkyl carbamates (subject to hydrolysis) is 1. The quantitative estimate of drug-likeness (QED) is 0.676. The molecular weight excluding hydrogens is 374 g/mol. The molecule has 1 heterocycles. The Kier molecular flexibility index (Phi) is 7.87. The number of carbonyl (C=O) groups is 2. The number of benzene rings is 1. The molecule has 1 saturated heterocycles. The van der Waals surface area contributed by atoms with Gasteiger partial charge in [-0.15, -0.1) is 0 Å². The van der Waals surface area contributed by atoms with Gasteiger partial charge >= 0.3 is 12.2 Å². The van der Waals surface area contributed by atoms with Gasteiger partial charge in [-0.3, -0.25) is 4.90 Å². The zero-order chi connectivity index (χ0) is 21.5. The van der Waals surface area contributed by atoms with Gasteiger partial charge in [-0.2, -0.15) is 0 Å². The highest BCUT2D eigenvalue weighted by atomic mass is 16.6. The lowest BCUT2D eigenvalue weighted by atomic mass is 10.2. The molecule has 1 atom stereocenters. The van der Waals surface area contributed by atoms with E-state index in [1.54, 1.807) is 4.90 Å². The van der Waals surface area contributed by atoms with Crippen molar-refractivity contribution in [3.8, 4) is 0 Å². The Bertz CT molecular complexity index is 673. The van der Waals surface area contributed by atoms with Gasteiger partial charge in [0.1, 0.15) is 17.9 Å². The van der Waals surface area contributed by atoms with Crippen LogP contribution in [0.5, 0.6) is 0 Å². The van der Waals surface area contributed by atoms with Crippen LogP contribution >= 0.6 is 0 Å². The second kappa shape index (κ2) is 9.93. The molecule has 0 bridgehead atoms. The summed E-state index contributed by atoms with van der Waals surface area (Å²) < 4.78 is 16.5. The lowest BCUT2D eigenvalue weighted by Crippen LogP contribution is -2.51. The van der Waals surface area contributed by atoms with E-state index in [1.807, 2.05) is 65.0 Å². The molecule has 1 fully saturated rings. The van der Waals surface area contributed by atoms with Crippen LogP contribution in [0.1, 0.15) is 40.2 Å². The molecule has 8 heteroatoms. The molecule has 29 heavy (non-hydrogen) atoms. The van der Waals surface area contributed by atoms with Crippen LogP contribution in [0.4, 0.5) is 9.59 Å². The first-order valence-electron chi connectivity index (χ1n) is 9.90. The molecule has 1 aliphatic heterocycles. The molecule has 1 aromatic rings. The molecule has 0 unspecified atom stereocenters. The van der Waals surface area contributed by atoms with Crippen LogP contribution in [-0.4, -0.2) is 60.7 Å². The van der Waals surface area contributed by atoms with Crippen molar-refractivity contribution in [1.29, 1.82) is 0 Å². The highest BCUT2D eigenvalue weighted by Crippen LogP contribution is 2.28. The van der Waals surface area contributed by atoms with Crippen LogP contribution in [0, 0.1) is 0 Å². The van der Waals surface area contributed by atoms with E-state index >= 15 is 0 Å². The van der Waals surface area contributed by atoms with Gasteiger partial charge in [-0.1, -0.05) is 30.3 Å². The zero-order valence-electron chi connectivity index (χ0n) is 18.0. The van der Waals surface area contributed by atoms with E-state index in [2.05, 4.69) is 10.6 Å². The van der Waals surface area contributed by atoms with E-state index in [4.69, 9.17) is 14.2 Å². The minimum Gasteiger partial charge on any atom is -0.444 e. The highest BCUT2D eigenvalue weighted by Gasteiger charge is 2.44. The predicted octanol–water partition coefficient (Wildman–Crippen LogP) is 2.87. The Hall–Kier alpha value is -2.32. The Morgan fingerprint density at radius 2 is 1.90 bits per heavy atom. The summed E-state index contributed by atoms with van der Waals surface area (Å²) in [4.78, 5) is 26.0. The number of rotatable bonds is 7. The number of ether oxygens (including phenoxy) is 3. The molecule has 0 saturated carbocycles. The summed E-state index contributed by atoms with van der Waals surface area (Å²) in [6.45, 7) is 11.3. The van der Waals surface area contributed by atoms with Crippen molar-refractivity contribution >= 4 is 12.2 Å². The van der Waals surface area contributed by atoms with Gasteiger partial charge in [0.05, 0.1) is 12.6 Å². The first-order valence-corrected chi connectivity index (χ1v) is 9.90. The number of hydrogen-bond donors (Lipinski definition) is 2. The monoisotopic (exact) mass is 407 g/mol. The molecule has 0 aromatic heterocycles. The number of nitrogens with one attached hydrogen (secondary N) is 2. The Balaban J connectivity index is 1.77.